The molecule has 0 aliphatic carbocycles. The van der Waals surface area contributed by atoms with Crippen LogP contribution >= 0.6 is 0 Å². The molecule has 0 unspecified atom stereocenters. The topological polar surface area (TPSA) is 78.3 Å². The van der Waals surface area contributed by atoms with Crippen LogP contribution < -0.4 is 5.69 Å². The van der Waals surface area contributed by atoms with Gasteiger partial charge in [-0.25, -0.2) is 4.79 Å². The number of H-pyrrole nitrogens is 1. The van der Waals surface area contributed by atoms with Gasteiger partial charge in [0, 0.05) is 5.56 Å². The lowest BCUT2D eigenvalue weighted by molar-refractivity contribution is 0.321. The Morgan fingerprint density at radius 3 is 2.75 bits per heavy atom. The molecule has 16 heavy (non-hydrogen) atoms. The standard InChI is InChI=1S/C11H9N3O2/c15-11-13-9(7-12-16)6-10(14-11)8-4-2-1-3-5-8/h1-7,16H,(H,13,14,15). The Morgan fingerprint density at radius 1 is 1.31 bits per heavy atom. The average Bonchev–Trinajstić information content (AvgIpc) is 2.30. The maximum absolute atomic E-state index is 11.2. The zero-order valence-corrected chi connectivity index (χ0v) is 8.29. The number of oxime groups is 1. The van der Waals surface area contributed by atoms with Crippen molar-refractivity contribution in [2.24, 2.45) is 5.16 Å². The zero-order chi connectivity index (χ0) is 11.4. The van der Waals surface area contributed by atoms with Crippen LogP contribution in [0.5, 0.6) is 0 Å². The lowest BCUT2D eigenvalue weighted by atomic mass is 10.1. The van der Waals surface area contributed by atoms with Gasteiger partial charge in [-0.15, -0.1) is 0 Å². The number of benzene rings is 1. The van der Waals surface area contributed by atoms with Gasteiger partial charge in [0.25, 0.3) is 0 Å². The number of aromatic amines is 1. The number of nitrogens with zero attached hydrogens (tertiary/aromatic N) is 2. The van der Waals surface area contributed by atoms with E-state index >= 15 is 0 Å². The molecule has 2 rings (SSSR count). The Balaban J connectivity index is 2.54. The van der Waals surface area contributed by atoms with Gasteiger partial charge in [0.05, 0.1) is 17.6 Å². The first-order valence-corrected chi connectivity index (χ1v) is 4.64. The smallest absolute Gasteiger partial charge is 0.345 e. The maximum atomic E-state index is 11.2. The Kier molecular flexibility index (Phi) is 2.77. The molecule has 0 aliphatic heterocycles. The summed E-state index contributed by atoms with van der Waals surface area (Å²) >= 11 is 0. The van der Waals surface area contributed by atoms with E-state index in [9.17, 15) is 4.79 Å². The molecule has 0 saturated carbocycles. The highest BCUT2D eigenvalue weighted by Gasteiger charge is 2.01. The van der Waals surface area contributed by atoms with E-state index < -0.39 is 5.69 Å². The van der Waals surface area contributed by atoms with Crippen molar-refractivity contribution in [3.8, 4) is 11.3 Å². The molecule has 0 amide bonds. The summed E-state index contributed by atoms with van der Waals surface area (Å²) in [6.07, 6.45) is 1.15. The molecule has 2 N–H and O–H groups in total. The first-order valence-electron chi connectivity index (χ1n) is 4.64. The summed E-state index contributed by atoms with van der Waals surface area (Å²) in [5, 5.41) is 11.3. The highest BCUT2D eigenvalue weighted by molar-refractivity contribution is 5.78. The third-order valence-corrected chi connectivity index (χ3v) is 2.03. The first kappa shape index (κ1) is 10.1. The van der Waals surface area contributed by atoms with Crippen LogP contribution in [0.25, 0.3) is 11.3 Å². The van der Waals surface area contributed by atoms with E-state index in [0.29, 0.717) is 11.4 Å². The van der Waals surface area contributed by atoms with Crippen LogP contribution in [0, 0.1) is 0 Å². The summed E-state index contributed by atoms with van der Waals surface area (Å²) in [4.78, 5) is 17.5. The van der Waals surface area contributed by atoms with E-state index in [1.165, 1.54) is 0 Å². The number of rotatable bonds is 2. The Labute approximate surface area is 91.1 Å². The van der Waals surface area contributed by atoms with Crippen LogP contribution in [-0.4, -0.2) is 21.4 Å². The molecule has 0 radical (unpaired) electrons. The van der Waals surface area contributed by atoms with Crippen molar-refractivity contribution in [1.82, 2.24) is 9.97 Å². The minimum atomic E-state index is -0.476. The molecule has 80 valence electrons. The quantitative estimate of drug-likeness (QED) is 0.449. The minimum Gasteiger partial charge on any atom is -0.411 e. The largest absolute Gasteiger partial charge is 0.411 e. The van der Waals surface area contributed by atoms with Gasteiger partial charge in [-0.1, -0.05) is 35.5 Å². The number of hydrogen-bond donors (Lipinski definition) is 2. The Morgan fingerprint density at radius 2 is 2.06 bits per heavy atom. The van der Waals surface area contributed by atoms with Crippen LogP contribution in [0.3, 0.4) is 0 Å². The van der Waals surface area contributed by atoms with Crippen LogP contribution in [0.2, 0.25) is 0 Å². The molecule has 0 saturated heterocycles. The van der Waals surface area contributed by atoms with Crippen LogP contribution in [-0.2, 0) is 0 Å². The monoisotopic (exact) mass is 215 g/mol. The van der Waals surface area contributed by atoms with E-state index in [0.717, 1.165) is 11.8 Å². The Bertz CT molecular complexity index is 561. The predicted molar refractivity (Wildman–Crippen MR) is 59.7 cm³/mol. The van der Waals surface area contributed by atoms with E-state index in [1.54, 1.807) is 6.07 Å². The number of aromatic nitrogens is 2. The molecule has 2 aromatic rings. The highest BCUT2D eigenvalue weighted by Crippen LogP contribution is 2.14. The molecule has 0 spiro atoms. The van der Waals surface area contributed by atoms with Gasteiger partial charge in [0.1, 0.15) is 0 Å². The summed E-state index contributed by atoms with van der Waals surface area (Å²) in [6, 6.07) is 10.9. The minimum absolute atomic E-state index is 0.404. The van der Waals surface area contributed by atoms with E-state index in [2.05, 4.69) is 15.1 Å². The van der Waals surface area contributed by atoms with E-state index in [-0.39, 0.29) is 0 Å². The second-order valence-electron chi connectivity index (χ2n) is 3.14. The number of nitrogens with one attached hydrogen (secondary N) is 1. The fourth-order valence-corrected chi connectivity index (χ4v) is 1.37. The van der Waals surface area contributed by atoms with Gasteiger partial charge in [0.2, 0.25) is 0 Å². The molecular formula is C11H9N3O2. The highest BCUT2D eigenvalue weighted by atomic mass is 16.4. The van der Waals surface area contributed by atoms with Gasteiger partial charge < -0.3 is 10.2 Å². The lowest BCUT2D eigenvalue weighted by Gasteiger charge is -2.00. The Hall–Kier alpha value is -2.43. The van der Waals surface area contributed by atoms with Crippen molar-refractivity contribution < 1.29 is 5.21 Å². The second-order valence-corrected chi connectivity index (χ2v) is 3.14. The third-order valence-electron chi connectivity index (χ3n) is 2.03. The van der Waals surface area contributed by atoms with Crippen LogP contribution in [0.4, 0.5) is 0 Å². The molecule has 1 aromatic carbocycles. The molecule has 5 heteroatoms. The summed E-state index contributed by atoms with van der Waals surface area (Å²) in [7, 11) is 0. The van der Waals surface area contributed by atoms with Gasteiger partial charge in [-0.05, 0) is 6.07 Å². The normalized spacial score (nSPS) is 10.8. The van der Waals surface area contributed by atoms with Crippen molar-refractivity contribution in [3.63, 3.8) is 0 Å². The van der Waals surface area contributed by atoms with Gasteiger partial charge in [-0.3, -0.25) is 0 Å². The molecule has 0 atom stereocenters. The summed E-state index contributed by atoms with van der Waals surface area (Å²) in [5.41, 5.74) is 1.30. The van der Waals surface area contributed by atoms with E-state index in [1.807, 2.05) is 30.3 Å². The fourth-order valence-electron chi connectivity index (χ4n) is 1.37. The summed E-state index contributed by atoms with van der Waals surface area (Å²) in [5.74, 6) is 0. The van der Waals surface area contributed by atoms with Crippen molar-refractivity contribution >= 4 is 6.21 Å². The fraction of sp³-hybridized carbons (Fsp3) is 0. The second kappa shape index (κ2) is 4.39. The van der Waals surface area contributed by atoms with Gasteiger partial charge >= 0.3 is 5.69 Å². The van der Waals surface area contributed by atoms with E-state index in [4.69, 9.17) is 5.21 Å². The van der Waals surface area contributed by atoms with Gasteiger partial charge in [0.15, 0.2) is 0 Å². The maximum Gasteiger partial charge on any atom is 0.345 e. The molecular weight excluding hydrogens is 206 g/mol. The van der Waals surface area contributed by atoms with Gasteiger partial charge in [-0.2, -0.15) is 4.98 Å². The number of hydrogen-bond acceptors (Lipinski definition) is 4. The predicted octanol–water partition coefficient (Wildman–Crippen LogP) is 1.24. The van der Waals surface area contributed by atoms with Crippen molar-refractivity contribution in [3.05, 3.63) is 52.6 Å². The SMILES string of the molecule is O=c1nc(-c2ccccc2)cc(C=NO)[nH]1. The van der Waals surface area contributed by atoms with Crippen LogP contribution in [0.15, 0.2) is 46.3 Å². The van der Waals surface area contributed by atoms with Crippen LogP contribution in [0.1, 0.15) is 5.69 Å². The summed E-state index contributed by atoms with van der Waals surface area (Å²) in [6.45, 7) is 0. The molecule has 0 aliphatic rings. The molecule has 5 nitrogen and oxygen atoms in total. The molecule has 1 aromatic heterocycles. The molecule has 0 bridgehead atoms. The first-order chi connectivity index (χ1) is 7.79. The molecule has 0 fully saturated rings. The average molecular weight is 215 g/mol. The lowest BCUT2D eigenvalue weighted by Crippen LogP contribution is -2.13. The zero-order valence-electron chi connectivity index (χ0n) is 8.29. The summed E-state index contributed by atoms with van der Waals surface area (Å²) < 4.78 is 0. The van der Waals surface area contributed by atoms with Crippen molar-refractivity contribution in [1.29, 1.82) is 0 Å². The van der Waals surface area contributed by atoms with Crippen molar-refractivity contribution in [2.45, 2.75) is 0 Å². The van der Waals surface area contributed by atoms with Crippen molar-refractivity contribution in [2.75, 3.05) is 0 Å². The third kappa shape index (κ3) is 2.14. The molecule has 1 heterocycles.